The van der Waals surface area contributed by atoms with Crippen molar-refractivity contribution in [1.82, 2.24) is 5.43 Å². The molecule has 6 nitrogen and oxygen atoms in total. The summed E-state index contributed by atoms with van der Waals surface area (Å²) in [6.07, 6.45) is 3.06. The first-order chi connectivity index (χ1) is 9.63. The van der Waals surface area contributed by atoms with Crippen LogP contribution < -0.4 is 15.2 Å². The van der Waals surface area contributed by atoms with Crippen LogP contribution in [0, 0.1) is 0 Å². The van der Waals surface area contributed by atoms with E-state index in [1.54, 1.807) is 18.2 Å². The lowest BCUT2D eigenvalue weighted by atomic mass is 10.2. The second-order valence-corrected chi connectivity index (χ2v) is 4.26. The van der Waals surface area contributed by atoms with Crippen LogP contribution in [0.15, 0.2) is 48.0 Å². The lowest BCUT2D eigenvalue weighted by Gasteiger charge is -2.22. The van der Waals surface area contributed by atoms with Gasteiger partial charge in [0.15, 0.2) is 0 Å². The number of hydrogen-bond acceptors (Lipinski definition) is 5. The molecule has 1 heterocycles. The van der Waals surface area contributed by atoms with Gasteiger partial charge in [0.1, 0.15) is 12.0 Å². The first kappa shape index (κ1) is 13.8. The number of hydrazine groups is 1. The molecule has 1 aromatic carbocycles. The third-order valence-electron chi connectivity index (χ3n) is 2.91. The van der Waals surface area contributed by atoms with Crippen molar-refractivity contribution in [3.8, 4) is 5.75 Å². The van der Waals surface area contributed by atoms with E-state index in [1.165, 1.54) is 0 Å². The summed E-state index contributed by atoms with van der Waals surface area (Å²) in [4.78, 5) is 10.7. The van der Waals surface area contributed by atoms with Gasteiger partial charge in [-0.05, 0) is 30.3 Å². The quantitative estimate of drug-likeness (QED) is 0.715. The van der Waals surface area contributed by atoms with Crippen molar-refractivity contribution in [3.63, 3.8) is 0 Å². The van der Waals surface area contributed by atoms with E-state index in [2.05, 4.69) is 5.43 Å². The maximum Gasteiger partial charge on any atom is 0.303 e. The number of nitrogens with one attached hydrogen (secondary N) is 1. The van der Waals surface area contributed by atoms with Crippen LogP contribution in [0.4, 0.5) is 5.69 Å². The zero-order valence-corrected chi connectivity index (χ0v) is 11.0. The number of carboxylic acid groups (broad SMARTS) is 1. The van der Waals surface area contributed by atoms with E-state index in [1.807, 2.05) is 24.3 Å². The first-order valence-corrected chi connectivity index (χ1v) is 6.11. The molecular formula is C14H16N2O4. The van der Waals surface area contributed by atoms with Gasteiger partial charge in [-0.1, -0.05) is 0 Å². The standard InChI is InChI=1S/C14H16N2O4/c1-20-13-5-2-11(3-6-13)16-12(4-7-14(18)19)8-10(9-17)15-16/h2-3,5-6,8-9,15,17H,4,7H2,1H3,(H,18,19). The Balaban J connectivity index is 2.19. The van der Waals surface area contributed by atoms with Crippen LogP contribution in [0.3, 0.4) is 0 Å². The Morgan fingerprint density at radius 1 is 1.40 bits per heavy atom. The van der Waals surface area contributed by atoms with Crippen LogP contribution >= 0.6 is 0 Å². The number of hydrogen-bond donors (Lipinski definition) is 3. The van der Waals surface area contributed by atoms with E-state index in [0.717, 1.165) is 23.4 Å². The minimum absolute atomic E-state index is 0.0267. The third-order valence-corrected chi connectivity index (χ3v) is 2.91. The number of carboxylic acids is 1. The fourth-order valence-electron chi connectivity index (χ4n) is 1.92. The molecule has 0 bridgehead atoms. The van der Waals surface area contributed by atoms with E-state index < -0.39 is 5.97 Å². The molecule has 0 fully saturated rings. The Morgan fingerprint density at radius 2 is 2.10 bits per heavy atom. The van der Waals surface area contributed by atoms with Crippen LogP contribution in [-0.4, -0.2) is 23.3 Å². The molecule has 20 heavy (non-hydrogen) atoms. The molecule has 0 spiro atoms. The fraction of sp³-hybridized carbons (Fsp3) is 0.214. The predicted molar refractivity (Wildman–Crippen MR) is 74.3 cm³/mol. The molecule has 0 amide bonds. The highest BCUT2D eigenvalue weighted by Crippen LogP contribution is 2.27. The van der Waals surface area contributed by atoms with E-state index in [0.29, 0.717) is 12.1 Å². The number of benzene rings is 1. The number of allylic oxidation sites excluding steroid dienone is 2. The monoisotopic (exact) mass is 276 g/mol. The number of nitrogens with zero attached hydrogens (tertiary/aromatic N) is 1. The zero-order chi connectivity index (χ0) is 14.5. The number of anilines is 1. The van der Waals surface area contributed by atoms with Crippen molar-refractivity contribution in [3.05, 3.63) is 48.0 Å². The summed E-state index contributed by atoms with van der Waals surface area (Å²) < 4.78 is 5.10. The lowest BCUT2D eigenvalue weighted by molar-refractivity contribution is -0.136. The summed E-state index contributed by atoms with van der Waals surface area (Å²) in [5.74, 6) is -0.121. The molecule has 0 radical (unpaired) electrons. The fourth-order valence-corrected chi connectivity index (χ4v) is 1.92. The van der Waals surface area contributed by atoms with Gasteiger partial charge in [0.2, 0.25) is 0 Å². The number of rotatable bonds is 5. The molecule has 1 aliphatic heterocycles. The molecule has 1 aliphatic rings. The van der Waals surface area contributed by atoms with Crippen LogP contribution in [0.5, 0.6) is 5.75 Å². The van der Waals surface area contributed by atoms with E-state index in [-0.39, 0.29) is 6.42 Å². The van der Waals surface area contributed by atoms with Gasteiger partial charge in [0.25, 0.3) is 0 Å². The average Bonchev–Trinajstić information content (AvgIpc) is 2.88. The van der Waals surface area contributed by atoms with Gasteiger partial charge in [-0.25, -0.2) is 0 Å². The Bertz CT molecular complexity index is 549. The molecule has 0 unspecified atom stereocenters. The molecule has 0 saturated heterocycles. The summed E-state index contributed by atoms with van der Waals surface area (Å²) in [7, 11) is 1.59. The topological polar surface area (TPSA) is 82.0 Å². The third kappa shape index (κ3) is 3.03. The van der Waals surface area contributed by atoms with Crippen LogP contribution in [0.1, 0.15) is 12.8 Å². The molecule has 0 saturated carbocycles. The molecule has 2 rings (SSSR count). The molecule has 0 atom stereocenters. The maximum atomic E-state index is 10.7. The van der Waals surface area contributed by atoms with Gasteiger partial charge in [0.05, 0.1) is 24.9 Å². The van der Waals surface area contributed by atoms with Gasteiger partial charge >= 0.3 is 5.97 Å². The zero-order valence-electron chi connectivity index (χ0n) is 11.0. The molecule has 3 N–H and O–H groups in total. The van der Waals surface area contributed by atoms with E-state index in [4.69, 9.17) is 14.9 Å². The molecular weight excluding hydrogens is 260 g/mol. The van der Waals surface area contributed by atoms with Gasteiger partial charge < -0.3 is 14.9 Å². The highest BCUT2D eigenvalue weighted by molar-refractivity contribution is 5.68. The van der Waals surface area contributed by atoms with E-state index in [9.17, 15) is 4.79 Å². The first-order valence-electron chi connectivity index (χ1n) is 6.11. The van der Waals surface area contributed by atoms with Gasteiger partial charge in [-0.2, -0.15) is 0 Å². The number of ether oxygens (including phenoxy) is 1. The van der Waals surface area contributed by atoms with Crippen molar-refractivity contribution < 1.29 is 19.7 Å². The number of aliphatic carboxylic acids is 1. The summed E-state index contributed by atoms with van der Waals surface area (Å²) in [5.41, 5.74) is 5.11. The second kappa shape index (κ2) is 6.01. The number of aliphatic hydroxyl groups is 1. The summed E-state index contributed by atoms with van der Waals surface area (Å²) >= 11 is 0. The van der Waals surface area contributed by atoms with Crippen LogP contribution in [-0.2, 0) is 4.79 Å². The van der Waals surface area contributed by atoms with Crippen molar-refractivity contribution in [2.45, 2.75) is 12.8 Å². The minimum atomic E-state index is -0.859. The number of methoxy groups -OCH3 is 1. The average molecular weight is 276 g/mol. The number of aliphatic hydroxyl groups excluding tert-OH is 1. The minimum Gasteiger partial charge on any atom is -0.513 e. The molecule has 1 aromatic rings. The van der Waals surface area contributed by atoms with Crippen molar-refractivity contribution in [2.24, 2.45) is 0 Å². The SMILES string of the molecule is COc1ccc(N2NC(=CO)C=C2CCC(=O)O)cc1. The molecule has 0 aromatic heterocycles. The second-order valence-electron chi connectivity index (χ2n) is 4.26. The predicted octanol–water partition coefficient (Wildman–Crippen LogP) is 2.17. The Labute approximate surface area is 116 Å². The van der Waals surface area contributed by atoms with Gasteiger partial charge in [0, 0.05) is 12.1 Å². The van der Waals surface area contributed by atoms with Crippen molar-refractivity contribution in [2.75, 3.05) is 12.1 Å². The lowest BCUT2D eigenvalue weighted by Crippen LogP contribution is -2.31. The molecule has 6 heteroatoms. The van der Waals surface area contributed by atoms with E-state index >= 15 is 0 Å². The molecule has 0 aliphatic carbocycles. The smallest absolute Gasteiger partial charge is 0.303 e. The highest BCUT2D eigenvalue weighted by Gasteiger charge is 2.20. The van der Waals surface area contributed by atoms with Crippen LogP contribution in [0.25, 0.3) is 0 Å². The molecule has 106 valence electrons. The van der Waals surface area contributed by atoms with Crippen LogP contribution in [0.2, 0.25) is 0 Å². The Kier molecular flexibility index (Phi) is 4.14. The largest absolute Gasteiger partial charge is 0.513 e. The van der Waals surface area contributed by atoms with Crippen molar-refractivity contribution in [1.29, 1.82) is 0 Å². The summed E-state index contributed by atoms with van der Waals surface area (Å²) in [6, 6.07) is 7.32. The Morgan fingerprint density at radius 3 is 2.65 bits per heavy atom. The Hall–Kier alpha value is -2.63. The summed E-state index contributed by atoms with van der Waals surface area (Å²) in [6.45, 7) is 0. The number of carbonyl (C=O) groups is 1. The van der Waals surface area contributed by atoms with Gasteiger partial charge in [-0.15, -0.1) is 0 Å². The summed E-state index contributed by atoms with van der Waals surface area (Å²) in [5, 5.41) is 19.6. The maximum absolute atomic E-state index is 10.7. The van der Waals surface area contributed by atoms with Gasteiger partial charge in [-0.3, -0.25) is 15.2 Å². The van der Waals surface area contributed by atoms with Crippen molar-refractivity contribution >= 4 is 11.7 Å². The normalized spacial score (nSPS) is 15.9. The highest BCUT2D eigenvalue weighted by atomic mass is 16.5.